The van der Waals surface area contributed by atoms with E-state index in [-0.39, 0.29) is 123 Å². The number of aromatic amines is 1. The summed E-state index contributed by atoms with van der Waals surface area (Å²) in [5.74, 6) is -13.8. The van der Waals surface area contributed by atoms with Crippen molar-refractivity contribution < 1.29 is 82.4 Å². The molecule has 33 heteroatoms. The number of aliphatic imine (C=N–C) groups is 2. The Morgan fingerprint density at radius 1 is 0.538 bits per heavy atom. The van der Waals surface area contributed by atoms with E-state index in [9.17, 15) is 82.4 Å². The Balaban J connectivity index is 0.00000120. The quantitative estimate of drug-likeness (QED) is 0.0191. The van der Waals surface area contributed by atoms with Gasteiger partial charge in [0.25, 0.3) is 0 Å². The number of rotatable bonds is 68. The number of H-pyrrole nitrogens is 1. The van der Waals surface area contributed by atoms with Crippen LogP contribution in [0, 0.1) is 53.3 Å². The Kier molecular flexibility index (Phi) is 56.8. The number of fused-ring (bicyclic) bond motifs is 1. The Morgan fingerprint density at radius 2 is 1.07 bits per heavy atom. The van der Waals surface area contributed by atoms with E-state index in [2.05, 4.69) is 53.8 Å². The summed E-state index contributed by atoms with van der Waals surface area (Å²) in [6.45, 7) is 14.1. The number of carbonyl (C=O) groups is 14. The van der Waals surface area contributed by atoms with Crippen molar-refractivity contribution in [1.82, 2.24) is 36.9 Å². The second-order valence-electron chi connectivity index (χ2n) is 32.3. The molecule has 0 spiro atoms. The Hall–Kier alpha value is -8.69. The molecule has 2 rings (SSSR count). The van der Waals surface area contributed by atoms with Gasteiger partial charge in [0.15, 0.2) is 40.8 Å². The topological polar surface area (TPSA) is 568 Å². The SMILES string of the molecule is CCCCCCCCCCCCCCCC(=O)NCC(=O)C[C@@H](CO)C(=O)N[C@H](C(=O)C[C@@H](CC(=O)O)C(=O)N[C@@H](CCCN=C(N)N)C(=O)C[C@@H](CC(C)C)C(=O)NC)[C@@H](C)O.CC[C@H](C)[C@H](CC(=O)[C@H](C)NC(=O)[C@H](CCSC)CC(=O)[C@H](Cc1c[nH]c2ccccc12)NC(=O)[C@H](CCCCN)CC(=O)[C@@H](C)CCCN=C(N)N)C(N)=O. The number of nitrogens with zero attached hydrogens (tertiary/aromatic N) is 2. The largest absolute Gasteiger partial charge is 0.481 e. The number of nitrogens with two attached hydrogens (primary N) is 6. The van der Waals surface area contributed by atoms with Gasteiger partial charge in [-0.3, -0.25) is 77.1 Å². The first-order valence-electron chi connectivity index (χ1n) is 43.0. The number of para-hydroxylation sites is 1. The number of guanidine groups is 2. The number of hydrogen-bond donors (Lipinski definition) is 16. The molecular weight excluding hydrogens is 1550 g/mol. The molecule has 0 aliphatic heterocycles. The molecule has 1 aromatic carbocycles. The number of primary amides is 1. The van der Waals surface area contributed by atoms with E-state index in [1.165, 1.54) is 83.5 Å². The number of thioether (sulfide) groups is 1. The molecule has 1 aromatic heterocycles. The zero-order valence-corrected chi connectivity index (χ0v) is 73.5. The highest BCUT2D eigenvalue weighted by atomic mass is 32.2. The van der Waals surface area contributed by atoms with Gasteiger partial charge in [-0.15, -0.1) is 0 Å². The van der Waals surface area contributed by atoms with Crippen LogP contribution < -0.4 is 66.3 Å². The van der Waals surface area contributed by atoms with Gasteiger partial charge in [-0.25, -0.2) is 0 Å². The molecule has 13 atom stereocenters. The summed E-state index contributed by atoms with van der Waals surface area (Å²) < 4.78 is 0. The predicted octanol–water partition coefficient (Wildman–Crippen LogP) is 6.50. The smallest absolute Gasteiger partial charge is 0.304 e. The number of aliphatic carboxylic acids is 1. The van der Waals surface area contributed by atoms with Gasteiger partial charge < -0.3 is 86.6 Å². The number of unbranched alkanes of at least 4 members (excludes halogenated alkanes) is 13. The van der Waals surface area contributed by atoms with Crippen molar-refractivity contribution >= 4 is 117 Å². The lowest BCUT2D eigenvalue weighted by atomic mass is 9.85. The zero-order chi connectivity index (χ0) is 89.5. The molecule has 0 saturated carbocycles. The first-order chi connectivity index (χ1) is 56.5. The van der Waals surface area contributed by atoms with E-state index in [1.807, 2.05) is 71.3 Å². The fourth-order valence-electron chi connectivity index (χ4n) is 14.1. The number of carbonyl (C=O) groups excluding carboxylic acids is 13. The van der Waals surface area contributed by atoms with E-state index in [1.54, 1.807) is 6.92 Å². The molecule has 0 bridgehead atoms. The second-order valence-corrected chi connectivity index (χ2v) is 33.3. The molecule has 0 aliphatic rings. The number of carboxylic acids is 1. The summed E-state index contributed by atoms with van der Waals surface area (Å²) in [6, 6.07) is 2.90. The minimum atomic E-state index is -1.66. The molecule has 119 heavy (non-hydrogen) atoms. The second kappa shape index (κ2) is 62.4. The number of nitrogens with one attached hydrogen (secondary N) is 7. The molecule has 7 amide bonds. The number of benzene rings is 1. The Morgan fingerprint density at radius 3 is 1.61 bits per heavy atom. The highest BCUT2D eigenvalue weighted by molar-refractivity contribution is 7.98. The molecule has 1 heterocycles. The van der Waals surface area contributed by atoms with E-state index in [0.29, 0.717) is 76.6 Å². The minimum Gasteiger partial charge on any atom is -0.481 e. The average molecular weight is 1700 g/mol. The van der Waals surface area contributed by atoms with E-state index in [4.69, 9.17) is 34.4 Å². The molecule has 2 aromatic rings. The molecule has 0 radical (unpaired) electrons. The molecular formula is C86H147N15O17S. The van der Waals surface area contributed by atoms with Crippen molar-refractivity contribution in [2.45, 2.75) is 291 Å². The fourth-order valence-corrected chi connectivity index (χ4v) is 14.6. The monoisotopic (exact) mass is 1690 g/mol. The van der Waals surface area contributed by atoms with E-state index in [0.717, 1.165) is 35.7 Å². The number of carboxylic acid groups (broad SMARTS) is 1. The Labute approximate surface area is 709 Å². The maximum atomic E-state index is 14.3. The first-order valence-corrected chi connectivity index (χ1v) is 44.4. The van der Waals surface area contributed by atoms with Crippen molar-refractivity contribution in [3.05, 3.63) is 36.0 Å². The highest BCUT2D eigenvalue weighted by Crippen LogP contribution is 2.27. The summed E-state index contributed by atoms with van der Waals surface area (Å²) in [5.41, 5.74) is 34.7. The van der Waals surface area contributed by atoms with Crippen LogP contribution >= 0.6 is 11.8 Å². The summed E-state index contributed by atoms with van der Waals surface area (Å²) in [5, 5.41) is 46.7. The van der Waals surface area contributed by atoms with Crippen LogP contribution in [0.15, 0.2) is 40.4 Å². The highest BCUT2D eigenvalue weighted by Gasteiger charge is 2.38. The van der Waals surface area contributed by atoms with E-state index < -0.39 is 145 Å². The molecule has 0 saturated heterocycles. The lowest BCUT2D eigenvalue weighted by Crippen LogP contribution is -2.52. The van der Waals surface area contributed by atoms with Crippen LogP contribution in [0.25, 0.3) is 10.9 Å². The summed E-state index contributed by atoms with van der Waals surface area (Å²) in [7, 11) is 1.44. The predicted molar refractivity (Wildman–Crippen MR) is 465 cm³/mol. The molecule has 0 aliphatic carbocycles. The van der Waals surface area contributed by atoms with Crippen LogP contribution in [-0.4, -0.2) is 196 Å². The van der Waals surface area contributed by atoms with Crippen molar-refractivity contribution in [2.75, 3.05) is 51.8 Å². The van der Waals surface area contributed by atoms with Gasteiger partial charge in [0, 0.05) is 118 Å². The van der Waals surface area contributed by atoms with Crippen molar-refractivity contribution in [3.8, 4) is 0 Å². The van der Waals surface area contributed by atoms with Gasteiger partial charge in [0.2, 0.25) is 41.4 Å². The van der Waals surface area contributed by atoms with Crippen LogP contribution in [0.3, 0.4) is 0 Å². The van der Waals surface area contributed by atoms with Gasteiger partial charge in [0.05, 0.1) is 55.6 Å². The summed E-state index contributed by atoms with van der Waals surface area (Å²) >= 11 is 1.53. The van der Waals surface area contributed by atoms with Gasteiger partial charge in [0.1, 0.15) is 11.8 Å². The molecule has 674 valence electrons. The van der Waals surface area contributed by atoms with Crippen LogP contribution in [0.1, 0.15) is 260 Å². The van der Waals surface area contributed by atoms with Gasteiger partial charge >= 0.3 is 5.97 Å². The van der Waals surface area contributed by atoms with Crippen molar-refractivity contribution in [3.63, 3.8) is 0 Å². The lowest BCUT2D eigenvalue weighted by Gasteiger charge is -2.26. The zero-order valence-electron chi connectivity index (χ0n) is 72.7. The van der Waals surface area contributed by atoms with E-state index >= 15 is 0 Å². The third kappa shape index (κ3) is 46.6. The lowest BCUT2D eigenvalue weighted by molar-refractivity contribution is -0.143. The van der Waals surface area contributed by atoms with Crippen LogP contribution in [0.2, 0.25) is 0 Å². The standard InChI is InChI=1S/C45H81N7O11.C41H66N8O6S/c1-6-7-8-9-10-11-12-13-14-15-16-17-18-21-39(58)50-28-35(55)24-34(29-53)44(63)52-41(31(4)54)38(57)26-33(27-40(59)60)43(62)51-36(20-19-22-49-45(46)47)37(56)25-32(23-30(2)3)42(61)48-5;1-6-25(2)32(38(43)53)23-36(51)27(4)48-39(54)29(16-19-56-5)22-37(52)34(20-30-24-47-33-15-8-7-14-31(30)33)49-40(55)28(13-9-10-17-42)21-35(50)26(3)12-11-18-46-41(44)45/h30-34,36,41,53-54H,6-29H2,1-5H3,(H,48,61)(H,50,58)(H,51,62)(H,52,63)(H,59,60)(H4,46,47,49);7-8,14-15,24-29,32,34,47H,6,9-13,16-23,42H2,1-5H3,(H2,43,53)(H,48,54)(H,49,55)(H4,44,45,46)/t31-,32-,33+,34+,36+,41+;25-,26-,27-,28+,29+,32-,34-/m10/s1. The third-order valence-electron chi connectivity index (χ3n) is 21.6. The summed E-state index contributed by atoms with van der Waals surface area (Å²) in [4.78, 5) is 195. The summed E-state index contributed by atoms with van der Waals surface area (Å²) in [6.07, 6.45) is 19.7. The molecule has 0 fully saturated rings. The van der Waals surface area contributed by atoms with Crippen LogP contribution in [0.4, 0.5) is 0 Å². The third-order valence-corrected chi connectivity index (χ3v) is 22.3. The van der Waals surface area contributed by atoms with Gasteiger partial charge in [-0.2, -0.15) is 11.8 Å². The number of ketones is 6. The normalized spacial score (nSPS) is 14.5. The number of aliphatic hydroxyl groups excluding tert-OH is 2. The maximum absolute atomic E-state index is 14.3. The van der Waals surface area contributed by atoms with Gasteiger partial charge in [-0.05, 0) is 114 Å². The van der Waals surface area contributed by atoms with Crippen molar-refractivity contribution in [1.29, 1.82) is 0 Å². The molecule has 22 N–H and O–H groups in total. The molecule has 0 unspecified atom stereocenters. The molecule has 32 nitrogen and oxygen atoms in total. The van der Waals surface area contributed by atoms with Crippen molar-refractivity contribution in [2.24, 2.45) is 97.6 Å². The van der Waals surface area contributed by atoms with Crippen LogP contribution in [-0.2, 0) is 73.5 Å². The number of Topliss-reactive ketones (excluding diaryl/α,β-unsaturated/α-hetero) is 6. The number of hydrogen-bond acceptors (Lipinski definition) is 20. The van der Waals surface area contributed by atoms with Crippen LogP contribution in [0.5, 0.6) is 0 Å². The number of amides is 7. The number of aromatic nitrogens is 1. The average Bonchev–Trinajstić information content (AvgIpc) is 1.64. The Bertz CT molecular complexity index is 3510. The maximum Gasteiger partial charge on any atom is 0.304 e. The number of aliphatic hydroxyl groups is 2. The minimum absolute atomic E-state index is 0.00613. The fraction of sp³-hybridized carbons (Fsp3) is 0.721. The first kappa shape index (κ1) is 108. The van der Waals surface area contributed by atoms with Gasteiger partial charge in [-0.1, -0.05) is 150 Å².